The van der Waals surface area contributed by atoms with E-state index < -0.39 is 23.8 Å². The van der Waals surface area contributed by atoms with Crippen LogP contribution in [0.25, 0.3) is 0 Å². The molecule has 3 N–H and O–H groups in total. The van der Waals surface area contributed by atoms with Crippen molar-refractivity contribution in [2.45, 2.75) is 72.4 Å². The number of rotatable bonds is 13. The Kier molecular flexibility index (Phi) is 10.9. The Morgan fingerprint density at radius 3 is 2.12 bits per heavy atom. The largest absolute Gasteiger partial charge is 0.480 e. The first-order valence-corrected chi connectivity index (χ1v) is 8.87. The lowest BCUT2D eigenvalue weighted by Gasteiger charge is -2.19. The SMILES string of the molecule is CCC(C)NCC(CC(=O)NC(CCC(=O)C(C)C)C(=O)O)C(C)=O. The van der Waals surface area contributed by atoms with E-state index in [0.717, 1.165) is 6.42 Å². The summed E-state index contributed by atoms with van der Waals surface area (Å²) in [5.41, 5.74) is 0. The quantitative estimate of drug-likeness (QED) is 0.461. The van der Waals surface area contributed by atoms with Crippen LogP contribution in [0.5, 0.6) is 0 Å². The number of carboxylic acid groups (broad SMARTS) is 1. The molecule has 3 unspecified atom stereocenters. The zero-order valence-electron chi connectivity index (χ0n) is 15.9. The van der Waals surface area contributed by atoms with Gasteiger partial charge in [-0.25, -0.2) is 4.79 Å². The van der Waals surface area contributed by atoms with Crippen LogP contribution in [0.3, 0.4) is 0 Å². The summed E-state index contributed by atoms with van der Waals surface area (Å²) in [6.07, 6.45) is 0.983. The normalized spacial score (nSPS) is 14.6. The Bertz CT molecular complexity index is 476. The summed E-state index contributed by atoms with van der Waals surface area (Å²) in [4.78, 5) is 46.8. The highest BCUT2D eigenvalue weighted by molar-refractivity contribution is 5.88. The molecule has 0 aliphatic heterocycles. The third kappa shape index (κ3) is 9.96. The minimum absolute atomic E-state index is 0.0418. The third-order valence-electron chi connectivity index (χ3n) is 4.29. The highest BCUT2D eigenvalue weighted by Crippen LogP contribution is 2.08. The molecule has 3 atom stereocenters. The molecule has 0 saturated heterocycles. The van der Waals surface area contributed by atoms with Crippen molar-refractivity contribution < 1.29 is 24.3 Å². The average molecular weight is 356 g/mol. The van der Waals surface area contributed by atoms with Gasteiger partial charge in [0.2, 0.25) is 5.91 Å². The Balaban J connectivity index is 4.63. The minimum atomic E-state index is -1.18. The number of amides is 1. The van der Waals surface area contributed by atoms with Crippen LogP contribution in [-0.2, 0) is 19.2 Å². The Morgan fingerprint density at radius 1 is 1.08 bits per heavy atom. The van der Waals surface area contributed by atoms with Crippen LogP contribution in [0.2, 0.25) is 0 Å². The summed E-state index contributed by atoms with van der Waals surface area (Å²) in [5, 5.41) is 14.8. The van der Waals surface area contributed by atoms with E-state index in [0.29, 0.717) is 6.54 Å². The average Bonchev–Trinajstić information content (AvgIpc) is 2.53. The molecule has 0 saturated carbocycles. The summed E-state index contributed by atoms with van der Waals surface area (Å²) in [6.45, 7) is 9.30. The number of carbonyl (C=O) groups is 4. The number of aliphatic carboxylic acids is 1. The van der Waals surface area contributed by atoms with Gasteiger partial charge < -0.3 is 15.7 Å². The molecule has 0 rings (SSSR count). The van der Waals surface area contributed by atoms with E-state index in [1.165, 1.54) is 6.92 Å². The topological polar surface area (TPSA) is 113 Å². The van der Waals surface area contributed by atoms with E-state index in [9.17, 15) is 24.3 Å². The zero-order chi connectivity index (χ0) is 19.6. The number of nitrogens with one attached hydrogen (secondary N) is 2. The lowest BCUT2D eigenvalue weighted by molar-refractivity contribution is -0.142. The molecule has 0 fully saturated rings. The monoisotopic (exact) mass is 356 g/mol. The first-order chi connectivity index (χ1) is 11.6. The molecule has 25 heavy (non-hydrogen) atoms. The molecule has 7 nitrogen and oxygen atoms in total. The van der Waals surface area contributed by atoms with E-state index >= 15 is 0 Å². The number of Topliss-reactive ketones (excluding diaryl/α,β-unsaturated/α-hetero) is 2. The second-order valence-electron chi connectivity index (χ2n) is 6.85. The second-order valence-corrected chi connectivity index (χ2v) is 6.85. The number of carbonyl (C=O) groups excluding carboxylic acids is 3. The van der Waals surface area contributed by atoms with Crippen LogP contribution in [-0.4, -0.2) is 47.2 Å². The predicted octanol–water partition coefficient (Wildman–Crippen LogP) is 1.54. The first-order valence-electron chi connectivity index (χ1n) is 8.87. The molecule has 0 aliphatic carbocycles. The van der Waals surface area contributed by atoms with Gasteiger partial charge in [0.1, 0.15) is 17.6 Å². The van der Waals surface area contributed by atoms with Gasteiger partial charge in [0.15, 0.2) is 0 Å². The van der Waals surface area contributed by atoms with Gasteiger partial charge in [-0.3, -0.25) is 14.4 Å². The summed E-state index contributed by atoms with van der Waals surface area (Å²) in [7, 11) is 0. The van der Waals surface area contributed by atoms with Gasteiger partial charge in [-0.1, -0.05) is 20.8 Å². The smallest absolute Gasteiger partial charge is 0.326 e. The summed E-state index contributed by atoms with van der Waals surface area (Å²) < 4.78 is 0. The summed E-state index contributed by atoms with van der Waals surface area (Å²) in [5.74, 6) is -2.50. The predicted molar refractivity (Wildman–Crippen MR) is 95.2 cm³/mol. The van der Waals surface area contributed by atoms with Gasteiger partial charge in [-0.05, 0) is 26.7 Å². The molecular weight excluding hydrogens is 324 g/mol. The molecule has 7 heteroatoms. The molecule has 0 aromatic heterocycles. The molecule has 0 aromatic rings. The van der Waals surface area contributed by atoms with Crippen LogP contribution in [0.1, 0.15) is 60.3 Å². The van der Waals surface area contributed by atoms with E-state index in [4.69, 9.17) is 0 Å². The maximum absolute atomic E-state index is 12.1. The molecule has 0 spiro atoms. The van der Waals surface area contributed by atoms with E-state index in [1.54, 1.807) is 13.8 Å². The Morgan fingerprint density at radius 2 is 1.68 bits per heavy atom. The lowest BCUT2D eigenvalue weighted by atomic mass is 9.98. The number of hydrogen-bond acceptors (Lipinski definition) is 5. The number of ketones is 2. The van der Waals surface area contributed by atoms with Gasteiger partial charge in [-0.15, -0.1) is 0 Å². The van der Waals surface area contributed by atoms with Crippen molar-refractivity contribution in [2.24, 2.45) is 11.8 Å². The van der Waals surface area contributed by atoms with E-state index in [-0.39, 0.29) is 42.8 Å². The highest BCUT2D eigenvalue weighted by atomic mass is 16.4. The minimum Gasteiger partial charge on any atom is -0.480 e. The van der Waals surface area contributed by atoms with Crippen molar-refractivity contribution >= 4 is 23.4 Å². The van der Waals surface area contributed by atoms with Gasteiger partial charge in [0.05, 0.1) is 0 Å². The molecule has 0 bridgehead atoms. The zero-order valence-corrected chi connectivity index (χ0v) is 15.9. The van der Waals surface area contributed by atoms with Crippen LogP contribution < -0.4 is 10.6 Å². The second kappa shape index (κ2) is 11.7. The lowest BCUT2D eigenvalue weighted by Crippen LogP contribution is -2.43. The Hall–Kier alpha value is -1.76. The summed E-state index contributed by atoms with van der Waals surface area (Å²) in [6, 6.07) is -0.885. The van der Waals surface area contributed by atoms with Crippen molar-refractivity contribution in [3.8, 4) is 0 Å². The van der Waals surface area contributed by atoms with Crippen LogP contribution in [0, 0.1) is 11.8 Å². The van der Waals surface area contributed by atoms with Crippen LogP contribution in [0.4, 0.5) is 0 Å². The Labute approximate surface area is 149 Å². The molecule has 0 aliphatic rings. The van der Waals surface area contributed by atoms with Gasteiger partial charge >= 0.3 is 5.97 Å². The molecule has 0 radical (unpaired) electrons. The maximum Gasteiger partial charge on any atom is 0.326 e. The van der Waals surface area contributed by atoms with Gasteiger partial charge in [-0.2, -0.15) is 0 Å². The van der Waals surface area contributed by atoms with Crippen LogP contribution in [0.15, 0.2) is 0 Å². The molecule has 1 amide bonds. The fourth-order valence-corrected chi connectivity index (χ4v) is 2.16. The number of carboxylic acids is 1. The van der Waals surface area contributed by atoms with E-state index in [1.807, 2.05) is 13.8 Å². The van der Waals surface area contributed by atoms with Crippen LogP contribution >= 0.6 is 0 Å². The molecular formula is C18H32N2O5. The fourth-order valence-electron chi connectivity index (χ4n) is 2.16. The molecule has 144 valence electrons. The van der Waals surface area contributed by atoms with Crippen molar-refractivity contribution in [1.29, 1.82) is 0 Å². The fraction of sp³-hybridized carbons (Fsp3) is 0.778. The number of hydrogen-bond donors (Lipinski definition) is 3. The van der Waals surface area contributed by atoms with Crippen molar-refractivity contribution in [3.63, 3.8) is 0 Å². The standard InChI is InChI=1S/C18H32N2O5/c1-6-12(4)19-10-14(13(5)21)9-17(23)20-15(18(24)25)7-8-16(22)11(2)3/h11-12,14-15,19H,6-10H2,1-5H3,(H,20,23)(H,24,25). The molecule has 0 aromatic carbocycles. The van der Waals surface area contributed by atoms with Crippen molar-refractivity contribution in [2.75, 3.05) is 6.54 Å². The third-order valence-corrected chi connectivity index (χ3v) is 4.29. The maximum atomic E-state index is 12.1. The first kappa shape index (κ1) is 23.2. The summed E-state index contributed by atoms with van der Waals surface area (Å²) >= 11 is 0. The van der Waals surface area contributed by atoms with Gasteiger partial charge in [0.25, 0.3) is 0 Å². The van der Waals surface area contributed by atoms with Crippen molar-refractivity contribution in [1.82, 2.24) is 10.6 Å². The van der Waals surface area contributed by atoms with Crippen molar-refractivity contribution in [3.05, 3.63) is 0 Å². The highest BCUT2D eigenvalue weighted by Gasteiger charge is 2.25. The van der Waals surface area contributed by atoms with E-state index in [2.05, 4.69) is 10.6 Å². The molecule has 0 heterocycles. The van der Waals surface area contributed by atoms with Gasteiger partial charge in [0, 0.05) is 37.3 Å².